The maximum absolute atomic E-state index is 12.1. The summed E-state index contributed by atoms with van der Waals surface area (Å²) in [6.45, 7) is 3.86. The summed E-state index contributed by atoms with van der Waals surface area (Å²) in [5.74, 6) is -0.962. The molecule has 3 N–H and O–H groups in total. The van der Waals surface area contributed by atoms with Crippen LogP contribution in [0.1, 0.15) is 37.3 Å². The van der Waals surface area contributed by atoms with E-state index in [1.165, 1.54) is 6.08 Å². The Labute approximate surface area is 176 Å². The zero-order chi connectivity index (χ0) is 21.7. The van der Waals surface area contributed by atoms with Crippen LogP contribution < -0.4 is 5.32 Å². The Hall–Kier alpha value is -3.12. The third-order valence-electron chi connectivity index (χ3n) is 5.10. The molecule has 0 spiro atoms. The van der Waals surface area contributed by atoms with Crippen molar-refractivity contribution < 1.29 is 24.5 Å². The number of fused-ring (bicyclic) bond motifs is 3. The van der Waals surface area contributed by atoms with E-state index in [9.17, 15) is 19.8 Å². The lowest BCUT2D eigenvalue weighted by molar-refractivity contribution is -0.133. The molecule has 6 nitrogen and oxygen atoms in total. The Morgan fingerprint density at radius 2 is 1.63 bits per heavy atom. The van der Waals surface area contributed by atoms with Gasteiger partial charge in [-0.05, 0) is 40.7 Å². The van der Waals surface area contributed by atoms with Crippen molar-refractivity contribution in [1.82, 2.24) is 5.32 Å². The molecule has 0 saturated carbocycles. The van der Waals surface area contributed by atoms with Gasteiger partial charge in [0.15, 0.2) is 0 Å². The first-order chi connectivity index (χ1) is 14.4. The number of nitrogens with one attached hydrogen (secondary N) is 1. The lowest BCUT2D eigenvalue weighted by Crippen LogP contribution is -2.33. The van der Waals surface area contributed by atoms with Gasteiger partial charge in [0, 0.05) is 11.5 Å². The van der Waals surface area contributed by atoms with Crippen LogP contribution in [0.5, 0.6) is 0 Å². The van der Waals surface area contributed by atoms with Gasteiger partial charge in [-0.25, -0.2) is 9.59 Å². The lowest BCUT2D eigenvalue weighted by atomic mass is 9.98. The molecule has 30 heavy (non-hydrogen) atoms. The van der Waals surface area contributed by atoms with Crippen LogP contribution in [-0.4, -0.2) is 41.5 Å². The molecule has 0 unspecified atom stereocenters. The molecule has 0 heterocycles. The highest BCUT2D eigenvalue weighted by atomic mass is 16.5. The second kappa shape index (κ2) is 9.59. The minimum Gasteiger partial charge on any atom is -0.478 e. The Bertz CT molecular complexity index is 905. The Morgan fingerprint density at radius 1 is 1.07 bits per heavy atom. The summed E-state index contributed by atoms with van der Waals surface area (Å²) in [5, 5.41) is 21.8. The summed E-state index contributed by atoms with van der Waals surface area (Å²) in [5.41, 5.74) is 4.67. The fraction of sp³-hybridized carbons (Fsp3) is 0.333. The number of carbonyl (C=O) groups excluding carboxylic acids is 1. The summed E-state index contributed by atoms with van der Waals surface area (Å²) in [7, 11) is 0. The molecule has 0 fully saturated rings. The van der Waals surface area contributed by atoms with Gasteiger partial charge in [-0.3, -0.25) is 0 Å². The number of carbonyl (C=O) groups is 2. The number of hydrogen-bond donors (Lipinski definition) is 3. The number of rotatable bonds is 8. The van der Waals surface area contributed by atoms with Gasteiger partial charge in [-0.15, -0.1) is 0 Å². The van der Waals surface area contributed by atoms with E-state index in [0.29, 0.717) is 6.42 Å². The Balaban J connectivity index is 1.57. The van der Waals surface area contributed by atoms with Crippen LogP contribution in [0, 0.1) is 5.92 Å². The molecule has 0 aliphatic heterocycles. The molecular weight excluding hydrogens is 382 g/mol. The van der Waals surface area contributed by atoms with Gasteiger partial charge in [0.05, 0.1) is 12.6 Å². The van der Waals surface area contributed by atoms with E-state index in [1.807, 2.05) is 50.2 Å². The molecule has 3 rings (SSSR count). The highest BCUT2D eigenvalue weighted by Gasteiger charge is 2.29. The highest BCUT2D eigenvalue weighted by molar-refractivity contribution is 5.86. The largest absolute Gasteiger partial charge is 0.478 e. The predicted octanol–water partition coefficient (Wildman–Crippen LogP) is 3.94. The van der Waals surface area contributed by atoms with Gasteiger partial charge in [0.25, 0.3) is 0 Å². The van der Waals surface area contributed by atoms with Crippen molar-refractivity contribution in [3.05, 3.63) is 71.3 Å². The van der Waals surface area contributed by atoms with Crippen LogP contribution in [0.4, 0.5) is 4.79 Å². The Morgan fingerprint density at radius 3 is 2.17 bits per heavy atom. The minimum absolute atomic E-state index is 0.0439. The Kier molecular flexibility index (Phi) is 6.90. The number of benzene rings is 2. The van der Waals surface area contributed by atoms with Gasteiger partial charge in [-0.1, -0.05) is 62.4 Å². The number of ether oxygens (including phenoxy) is 1. The predicted molar refractivity (Wildman–Crippen MR) is 114 cm³/mol. The molecule has 0 bridgehead atoms. The highest BCUT2D eigenvalue weighted by Crippen LogP contribution is 2.44. The van der Waals surface area contributed by atoms with Gasteiger partial charge < -0.3 is 20.3 Å². The third-order valence-corrected chi connectivity index (χ3v) is 5.10. The normalized spacial score (nSPS) is 14.2. The van der Waals surface area contributed by atoms with E-state index < -0.39 is 18.2 Å². The molecule has 1 atom stereocenters. The van der Waals surface area contributed by atoms with Crippen molar-refractivity contribution in [2.45, 2.75) is 32.3 Å². The first-order valence-corrected chi connectivity index (χ1v) is 10.1. The summed E-state index contributed by atoms with van der Waals surface area (Å²) >= 11 is 0. The molecule has 0 radical (unpaired) electrons. The first-order valence-electron chi connectivity index (χ1n) is 10.1. The molecule has 2 aromatic rings. The van der Waals surface area contributed by atoms with Crippen LogP contribution in [-0.2, 0) is 9.53 Å². The maximum Gasteiger partial charge on any atom is 0.407 e. The van der Waals surface area contributed by atoms with Crippen LogP contribution in [0.25, 0.3) is 11.1 Å². The van der Waals surface area contributed by atoms with Crippen LogP contribution in [0.2, 0.25) is 0 Å². The fourth-order valence-corrected chi connectivity index (χ4v) is 3.79. The average Bonchev–Trinajstić information content (AvgIpc) is 3.04. The summed E-state index contributed by atoms with van der Waals surface area (Å²) < 4.78 is 5.41. The van der Waals surface area contributed by atoms with Crippen molar-refractivity contribution in [2.75, 3.05) is 13.2 Å². The number of carboxylic acid groups (broad SMARTS) is 1. The standard InChI is InChI=1S/C24H27NO5/c1-15(2)11-16(23(27)28)12-17(26)13-25-24(29)30-14-22-20-9-5-3-7-18(20)19-8-4-6-10-21(19)22/h3-10,12,15,17,22,26H,11,13-14H2,1-2H3,(H,25,29)(H,27,28)/t17-/m0/s1. The third kappa shape index (κ3) is 5.07. The molecule has 6 heteroatoms. The molecule has 1 aliphatic carbocycles. The van der Waals surface area contributed by atoms with Crippen molar-refractivity contribution in [1.29, 1.82) is 0 Å². The number of hydrogen-bond acceptors (Lipinski definition) is 4. The number of aliphatic carboxylic acids is 1. The van der Waals surface area contributed by atoms with Gasteiger partial charge >= 0.3 is 12.1 Å². The SMILES string of the molecule is CC(C)CC(=C[C@H](O)CNC(=O)OCC1c2ccccc2-c2ccccc21)C(=O)O. The van der Waals surface area contributed by atoms with E-state index in [0.717, 1.165) is 22.3 Å². The van der Waals surface area contributed by atoms with Crippen molar-refractivity contribution in [3.8, 4) is 11.1 Å². The molecular formula is C24H27NO5. The van der Waals surface area contributed by atoms with Crippen LogP contribution >= 0.6 is 0 Å². The minimum atomic E-state index is -1.10. The van der Waals surface area contributed by atoms with Crippen molar-refractivity contribution in [2.24, 2.45) is 5.92 Å². The van der Waals surface area contributed by atoms with Gasteiger partial charge in [-0.2, -0.15) is 0 Å². The van der Waals surface area contributed by atoms with E-state index in [1.54, 1.807) is 0 Å². The quantitative estimate of drug-likeness (QED) is 0.574. The summed E-state index contributed by atoms with van der Waals surface area (Å²) in [6.07, 6.45) is -0.135. The topological polar surface area (TPSA) is 95.9 Å². The molecule has 1 amide bonds. The lowest BCUT2D eigenvalue weighted by Gasteiger charge is -2.15. The second-order valence-corrected chi connectivity index (χ2v) is 7.87. The smallest absolute Gasteiger partial charge is 0.407 e. The molecule has 2 aromatic carbocycles. The molecule has 1 aliphatic rings. The van der Waals surface area contributed by atoms with E-state index in [2.05, 4.69) is 17.4 Å². The molecule has 158 valence electrons. The monoisotopic (exact) mass is 409 g/mol. The fourth-order valence-electron chi connectivity index (χ4n) is 3.79. The summed E-state index contributed by atoms with van der Waals surface area (Å²) in [4.78, 5) is 23.4. The second-order valence-electron chi connectivity index (χ2n) is 7.87. The van der Waals surface area contributed by atoms with Crippen molar-refractivity contribution in [3.63, 3.8) is 0 Å². The van der Waals surface area contributed by atoms with Crippen LogP contribution in [0.15, 0.2) is 60.2 Å². The van der Waals surface area contributed by atoms with Gasteiger partial charge in [0.2, 0.25) is 0 Å². The number of aliphatic hydroxyl groups excluding tert-OH is 1. The van der Waals surface area contributed by atoms with Gasteiger partial charge in [0.1, 0.15) is 6.61 Å². The molecule has 0 saturated heterocycles. The zero-order valence-corrected chi connectivity index (χ0v) is 17.2. The van der Waals surface area contributed by atoms with E-state index >= 15 is 0 Å². The van der Waals surface area contributed by atoms with E-state index in [-0.39, 0.29) is 30.6 Å². The summed E-state index contributed by atoms with van der Waals surface area (Å²) in [6, 6.07) is 16.1. The number of alkyl carbamates (subject to hydrolysis) is 1. The first kappa shape index (κ1) is 21.6. The zero-order valence-electron chi connectivity index (χ0n) is 17.2. The number of carboxylic acids is 1. The van der Waals surface area contributed by atoms with Crippen LogP contribution in [0.3, 0.4) is 0 Å². The maximum atomic E-state index is 12.1. The number of aliphatic hydroxyl groups is 1. The average molecular weight is 409 g/mol. The van der Waals surface area contributed by atoms with E-state index in [4.69, 9.17) is 4.74 Å². The van der Waals surface area contributed by atoms with Crippen molar-refractivity contribution >= 4 is 12.1 Å². The number of amides is 1. The molecule has 0 aromatic heterocycles.